The molecule has 5 aliphatic rings. The van der Waals surface area contributed by atoms with Crippen molar-refractivity contribution in [1.82, 2.24) is 4.90 Å². The highest BCUT2D eigenvalue weighted by Crippen LogP contribution is 2.62. The van der Waals surface area contributed by atoms with E-state index in [1.165, 1.54) is 36.1 Å². The third kappa shape index (κ3) is 3.30. The summed E-state index contributed by atoms with van der Waals surface area (Å²) >= 11 is 0. The van der Waals surface area contributed by atoms with Crippen LogP contribution in [0.1, 0.15) is 50.2 Å². The lowest BCUT2D eigenvalue weighted by molar-refractivity contribution is -0.147. The monoisotopic (exact) mass is 438 g/mol. The Balaban J connectivity index is 1.12. The summed E-state index contributed by atoms with van der Waals surface area (Å²) < 4.78 is 12.1. The average Bonchev–Trinajstić information content (AvgIpc) is 3.47. The summed E-state index contributed by atoms with van der Waals surface area (Å²) in [6, 6.07) is 6.60. The van der Waals surface area contributed by atoms with E-state index in [-0.39, 0.29) is 29.0 Å². The second-order valence-electron chi connectivity index (χ2n) is 11.6. The second-order valence-corrected chi connectivity index (χ2v) is 11.6. The molecular formula is C27H38N2O3. The molecule has 5 heteroatoms. The maximum Gasteiger partial charge on any atom is 0.310 e. The molecule has 174 valence electrons. The van der Waals surface area contributed by atoms with Crippen molar-refractivity contribution >= 4 is 11.7 Å². The first-order valence-electron chi connectivity index (χ1n) is 12.8. The Labute approximate surface area is 192 Å². The van der Waals surface area contributed by atoms with Gasteiger partial charge in [0.15, 0.2) is 0 Å². The van der Waals surface area contributed by atoms with E-state index in [0.717, 1.165) is 52.2 Å². The number of rotatable bonds is 3. The fourth-order valence-corrected chi connectivity index (χ4v) is 7.69. The number of hydrogen-bond donors (Lipinski definition) is 0. The molecule has 1 spiro atoms. The molecule has 5 nitrogen and oxygen atoms in total. The summed E-state index contributed by atoms with van der Waals surface area (Å²) in [6.45, 7) is 12.7. The van der Waals surface area contributed by atoms with Crippen LogP contribution in [0, 0.1) is 37.0 Å². The molecule has 6 rings (SSSR count). The molecule has 0 bridgehead atoms. The Morgan fingerprint density at radius 3 is 2.66 bits per heavy atom. The number of esters is 1. The Hall–Kier alpha value is -1.59. The predicted molar refractivity (Wildman–Crippen MR) is 125 cm³/mol. The molecule has 1 aromatic carbocycles. The van der Waals surface area contributed by atoms with Gasteiger partial charge in [0.1, 0.15) is 6.10 Å². The molecule has 3 heterocycles. The minimum Gasteiger partial charge on any atom is -0.462 e. The normalized spacial score (nSPS) is 41.3. The molecule has 0 N–H and O–H groups in total. The molecule has 0 amide bonds. The van der Waals surface area contributed by atoms with Gasteiger partial charge in [-0.3, -0.25) is 9.69 Å². The molecule has 2 aliphatic carbocycles. The van der Waals surface area contributed by atoms with E-state index >= 15 is 0 Å². The van der Waals surface area contributed by atoms with Gasteiger partial charge in [-0.05, 0) is 74.5 Å². The van der Waals surface area contributed by atoms with Gasteiger partial charge in [0.05, 0.1) is 18.1 Å². The first-order chi connectivity index (χ1) is 15.4. The van der Waals surface area contributed by atoms with Crippen molar-refractivity contribution in [2.24, 2.45) is 23.2 Å². The Morgan fingerprint density at radius 1 is 1.12 bits per heavy atom. The van der Waals surface area contributed by atoms with Crippen LogP contribution in [0.5, 0.6) is 0 Å². The van der Waals surface area contributed by atoms with Gasteiger partial charge >= 0.3 is 5.97 Å². The van der Waals surface area contributed by atoms with Gasteiger partial charge in [-0.2, -0.15) is 0 Å². The fourth-order valence-electron chi connectivity index (χ4n) is 7.69. The van der Waals surface area contributed by atoms with E-state index in [0.29, 0.717) is 11.8 Å². The largest absolute Gasteiger partial charge is 0.462 e. The number of piperazine rings is 1. The summed E-state index contributed by atoms with van der Waals surface area (Å²) in [7, 11) is 0. The lowest BCUT2D eigenvalue weighted by Crippen LogP contribution is -2.52. The van der Waals surface area contributed by atoms with E-state index in [4.69, 9.17) is 9.47 Å². The van der Waals surface area contributed by atoms with Crippen LogP contribution in [-0.4, -0.2) is 61.9 Å². The average molecular weight is 439 g/mol. The lowest BCUT2D eigenvalue weighted by Gasteiger charge is -2.51. The minimum absolute atomic E-state index is 0.0366. The summed E-state index contributed by atoms with van der Waals surface area (Å²) in [5.74, 6) is 1.07. The zero-order valence-electron chi connectivity index (χ0n) is 19.9. The highest BCUT2D eigenvalue weighted by Gasteiger charge is 2.65. The molecule has 0 radical (unpaired) electrons. The lowest BCUT2D eigenvalue weighted by atomic mass is 9.53. The molecule has 3 aliphatic heterocycles. The number of ether oxygens (including phenoxy) is 2. The number of carbonyl (C=O) groups is 1. The Kier molecular flexibility index (Phi) is 4.89. The quantitative estimate of drug-likeness (QED) is 0.528. The van der Waals surface area contributed by atoms with E-state index in [1.54, 1.807) is 0 Å². The SMILES string of the molecule is Cc1cccc(N2CCN(C[C@@H]3C(=O)O[C@@H]4C[C@@]5(C)CCC[C@@]6(CO6)[C@@H]5C[C@@H]34)CC2)c1C. The van der Waals surface area contributed by atoms with Crippen molar-refractivity contribution in [3.05, 3.63) is 29.3 Å². The second kappa shape index (κ2) is 7.46. The molecule has 1 aromatic rings. The van der Waals surface area contributed by atoms with Gasteiger partial charge in [0.2, 0.25) is 0 Å². The number of aryl methyl sites for hydroxylation is 1. The smallest absolute Gasteiger partial charge is 0.310 e. The molecule has 0 aromatic heterocycles. The van der Waals surface area contributed by atoms with Gasteiger partial charge in [-0.25, -0.2) is 0 Å². The van der Waals surface area contributed by atoms with Crippen LogP contribution >= 0.6 is 0 Å². The number of carbonyl (C=O) groups excluding carboxylic acids is 1. The number of fused-ring (bicyclic) bond motifs is 3. The molecule has 32 heavy (non-hydrogen) atoms. The Morgan fingerprint density at radius 2 is 1.91 bits per heavy atom. The van der Waals surface area contributed by atoms with Crippen molar-refractivity contribution in [1.29, 1.82) is 0 Å². The zero-order chi connectivity index (χ0) is 22.1. The summed E-state index contributed by atoms with van der Waals surface area (Å²) in [5.41, 5.74) is 4.52. The molecule has 2 saturated carbocycles. The Bertz CT molecular complexity index is 904. The number of nitrogens with zero attached hydrogens (tertiary/aromatic N) is 2. The van der Waals surface area contributed by atoms with E-state index in [2.05, 4.69) is 48.8 Å². The highest BCUT2D eigenvalue weighted by atomic mass is 16.6. The van der Waals surface area contributed by atoms with Gasteiger partial charge in [-0.15, -0.1) is 0 Å². The topological polar surface area (TPSA) is 45.3 Å². The standard InChI is InChI=1S/C27H38N2O3/c1-18-6-4-7-22(19(18)2)29-12-10-28(11-13-29)16-21-20-14-24-26(3,15-23(20)32-25(21)30)8-5-9-27(24)17-31-27/h4,6-7,20-21,23-24H,5,8-17H2,1-3H3/t20-,21-,23+,24+,26+,27+/m0/s1. The number of epoxide rings is 1. The van der Waals surface area contributed by atoms with Crippen LogP contribution in [0.2, 0.25) is 0 Å². The third-order valence-electron chi connectivity index (χ3n) is 9.82. The van der Waals surface area contributed by atoms with Crippen molar-refractivity contribution < 1.29 is 14.3 Å². The maximum atomic E-state index is 13.0. The molecule has 0 unspecified atom stereocenters. The predicted octanol–water partition coefficient (Wildman–Crippen LogP) is 3.95. The van der Waals surface area contributed by atoms with Crippen LogP contribution in [0.3, 0.4) is 0 Å². The summed E-state index contributed by atoms with van der Waals surface area (Å²) in [5, 5.41) is 0. The van der Waals surface area contributed by atoms with Crippen molar-refractivity contribution in [3.8, 4) is 0 Å². The third-order valence-corrected chi connectivity index (χ3v) is 9.82. The first kappa shape index (κ1) is 21.0. The van der Waals surface area contributed by atoms with Crippen molar-refractivity contribution in [2.75, 3.05) is 44.2 Å². The van der Waals surface area contributed by atoms with Crippen LogP contribution in [-0.2, 0) is 14.3 Å². The number of hydrogen-bond acceptors (Lipinski definition) is 5. The van der Waals surface area contributed by atoms with E-state index in [9.17, 15) is 4.79 Å². The van der Waals surface area contributed by atoms with E-state index < -0.39 is 0 Å². The summed E-state index contributed by atoms with van der Waals surface area (Å²) in [4.78, 5) is 18.0. The van der Waals surface area contributed by atoms with E-state index in [1.807, 2.05) is 0 Å². The first-order valence-corrected chi connectivity index (χ1v) is 12.8. The van der Waals surface area contributed by atoms with Gasteiger partial charge < -0.3 is 14.4 Å². The van der Waals surface area contributed by atoms with Gasteiger partial charge in [-0.1, -0.05) is 19.1 Å². The minimum atomic E-state index is 0.0366. The van der Waals surface area contributed by atoms with Crippen molar-refractivity contribution in [2.45, 2.75) is 64.6 Å². The fraction of sp³-hybridized carbons (Fsp3) is 0.741. The van der Waals surface area contributed by atoms with Crippen LogP contribution in [0.25, 0.3) is 0 Å². The molecule has 6 atom stereocenters. The molecule has 5 fully saturated rings. The van der Waals surface area contributed by atoms with Gasteiger partial charge in [0.25, 0.3) is 0 Å². The van der Waals surface area contributed by atoms with Crippen LogP contribution in [0.4, 0.5) is 5.69 Å². The van der Waals surface area contributed by atoms with Crippen molar-refractivity contribution in [3.63, 3.8) is 0 Å². The summed E-state index contributed by atoms with van der Waals surface area (Å²) in [6.07, 6.45) is 6.00. The number of anilines is 1. The van der Waals surface area contributed by atoms with Gasteiger partial charge in [0, 0.05) is 44.3 Å². The van der Waals surface area contributed by atoms with Crippen LogP contribution in [0.15, 0.2) is 18.2 Å². The zero-order valence-corrected chi connectivity index (χ0v) is 19.9. The van der Waals surface area contributed by atoms with Crippen LogP contribution < -0.4 is 4.90 Å². The number of benzene rings is 1. The highest BCUT2D eigenvalue weighted by molar-refractivity contribution is 5.75. The molecular weight excluding hydrogens is 400 g/mol. The maximum absolute atomic E-state index is 13.0. The molecule has 3 saturated heterocycles.